The molecule has 0 saturated carbocycles. The van der Waals surface area contributed by atoms with Gasteiger partial charge in [-0.05, 0) is 24.1 Å². The molecular weight excluding hydrogens is 292 g/mol. The van der Waals surface area contributed by atoms with E-state index in [1.165, 1.54) is 10.6 Å². The highest BCUT2D eigenvalue weighted by Crippen LogP contribution is 2.37. The second kappa shape index (κ2) is 5.64. The van der Waals surface area contributed by atoms with Crippen molar-refractivity contribution < 1.29 is 17.9 Å². The molecule has 2 fully saturated rings. The Hall–Kier alpha value is -1.02. The second-order valence-corrected chi connectivity index (χ2v) is 7.82. The SMILES string of the molecule is CS(=O)(=O)N1CC[C@]2(C[C@H](OCc3ccncc3)CO2)C1. The first-order valence-electron chi connectivity index (χ1n) is 7.06. The van der Waals surface area contributed by atoms with Crippen molar-refractivity contribution in [3.8, 4) is 0 Å². The fourth-order valence-electron chi connectivity index (χ4n) is 2.98. The van der Waals surface area contributed by atoms with Gasteiger partial charge in [0.15, 0.2) is 0 Å². The van der Waals surface area contributed by atoms with Crippen molar-refractivity contribution in [2.24, 2.45) is 0 Å². The normalized spacial score (nSPS) is 30.2. The van der Waals surface area contributed by atoms with Crippen LogP contribution in [-0.2, 0) is 26.1 Å². The molecule has 3 heterocycles. The first kappa shape index (κ1) is 14.9. The van der Waals surface area contributed by atoms with E-state index in [1.54, 1.807) is 12.4 Å². The van der Waals surface area contributed by atoms with Gasteiger partial charge in [0, 0.05) is 31.9 Å². The summed E-state index contributed by atoms with van der Waals surface area (Å²) in [6.45, 7) is 2.04. The van der Waals surface area contributed by atoms with Gasteiger partial charge in [0.2, 0.25) is 10.0 Å². The van der Waals surface area contributed by atoms with E-state index in [-0.39, 0.29) is 11.7 Å². The number of pyridine rings is 1. The van der Waals surface area contributed by atoms with Crippen molar-refractivity contribution in [1.82, 2.24) is 9.29 Å². The average Bonchev–Trinajstić information content (AvgIpc) is 3.05. The van der Waals surface area contributed by atoms with Crippen LogP contribution in [0.2, 0.25) is 0 Å². The zero-order valence-electron chi connectivity index (χ0n) is 12.1. The molecule has 0 amide bonds. The lowest BCUT2D eigenvalue weighted by Crippen LogP contribution is -2.35. The Labute approximate surface area is 125 Å². The summed E-state index contributed by atoms with van der Waals surface area (Å²) in [4.78, 5) is 3.97. The summed E-state index contributed by atoms with van der Waals surface area (Å²) < 4.78 is 36.5. The van der Waals surface area contributed by atoms with Crippen molar-refractivity contribution in [3.63, 3.8) is 0 Å². The molecule has 0 aromatic carbocycles. The van der Waals surface area contributed by atoms with Crippen LogP contribution >= 0.6 is 0 Å². The lowest BCUT2D eigenvalue weighted by Gasteiger charge is -2.22. The molecule has 0 N–H and O–H groups in total. The third-order valence-electron chi connectivity index (χ3n) is 4.16. The Morgan fingerprint density at radius 3 is 2.90 bits per heavy atom. The molecule has 0 radical (unpaired) electrons. The monoisotopic (exact) mass is 312 g/mol. The molecule has 2 aliphatic heterocycles. The standard InChI is InChI=1S/C14H20N2O4S/c1-21(17,18)16-7-4-14(11-16)8-13(10-20-14)19-9-12-2-5-15-6-3-12/h2-3,5-6,13H,4,7-11H2,1H3/t13-,14-/m0/s1. The Bertz CT molecular complexity index is 592. The number of hydrogen-bond acceptors (Lipinski definition) is 5. The lowest BCUT2D eigenvalue weighted by molar-refractivity contribution is 0.00275. The van der Waals surface area contributed by atoms with Gasteiger partial charge in [0.25, 0.3) is 0 Å². The van der Waals surface area contributed by atoms with Gasteiger partial charge < -0.3 is 9.47 Å². The quantitative estimate of drug-likeness (QED) is 0.822. The molecule has 6 nitrogen and oxygen atoms in total. The van der Waals surface area contributed by atoms with E-state index in [9.17, 15) is 8.42 Å². The molecule has 116 valence electrons. The summed E-state index contributed by atoms with van der Waals surface area (Å²) in [6, 6.07) is 3.85. The number of nitrogens with zero attached hydrogens (tertiary/aromatic N) is 2. The fourth-order valence-corrected chi connectivity index (χ4v) is 3.87. The van der Waals surface area contributed by atoms with Crippen LogP contribution in [-0.4, -0.2) is 55.4 Å². The molecule has 1 aromatic heterocycles. The van der Waals surface area contributed by atoms with E-state index < -0.39 is 10.0 Å². The van der Waals surface area contributed by atoms with Crippen LogP contribution in [0.25, 0.3) is 0 Å². The average molecular weight is 312 g/mol. The highest BCUT2D eigenvalue weighted by molar-refractivity contribution is 7.88. The van der Waals surface area contributed by atoms with E-state index in [0.717, 1.165) is 18.4 Å². The van der Waals surface area contributed by atoms with Crippen LogP contribution in [0.15, 0.2) is 24.5 Å². The summed E-state index contributed by atoms with van der Waals surface area (Å²) in [5.41, 5.74) is 0.724. The Morgan fingerprint density at radius 2 is 2.24 bits per heavy atom. The van der Waals surface area contributed by atoms with Crippen LogP contribution in [0, 0.1) is 0 Å². The molecule has 3 rings (SSSR count). The summed E-state index contributed by atoms with van der Waals surface area (Å²) in [6.07, 6.45) is 6.26. The molecular formula is C14H20N2O4S. The molecule has 21 heavy (non-hydrogen) atoms. The molecule has 2 aliphatic rings. The van der Waals surface area contributed by atoms with E-state index in [1.807, 2.05) is 12.1 Å². The van der Waals surface area contributed by atoms with Gasteiger partial charge in [-0.15, -0.1) is 0 Å². The first-order valence-corrected chi connectivity index (χ1v) is 8.91. The number of hydrogen-bond donors (Lipinski definition) is 0. The van der Waals surface area contributed by atoms with Gasteiger partial charge in [0.1, 0.15) is 0 Å². The number of rotatable bonds is 4. The summed E-state index contributed by atoms with van der Waals surface area (Å²) in [7, 11) is -3.13. The molecule has 0 unspecified atom stereocenters. The van der Waals surface area contributed by atoms with Crippen LogP contribution < -0.4 is 0 Å². The number of aromatic nitrogens is 1. The van der Waals surface area contributed by atoms with Gasteiger partial charge in [-0.2, -0.15) is 4.31 Å². The molecule has 1 spiro atoms. The lowest BCUT2D eigenvalue weighted by atomic mass is 9.98. The Morgan fingerprint density at radius 1 is 1.48 bits per heavy atom. The minimum Gasteiger partial charge on any atom is -0.371 e. The maximum absolute atomic E-state index is 11.6. The van der Waals surface area contributed by atoms with Gasteiger partial charge in [-0.3, -0.25) is 4.98 Å². The third-order valence-corrected chi connectivity index (χ3v) is 5.41. The van der Waals surface area contributed by atoms with Crippen LogP contribution in [0.4, 0.5) is 0 Å². The summed E-state index contributed by atoms with van der Waals surface area (Å²) in [5.74, 6) is 0. The minimum absolute atomic E-state index is 0.0256. The zero-order chi connectivity index (χ0) is 14.9. The third kappa shape index (κ3) is 3.42. The minimum atomic E-state index is -3.13. The summed E-state index contributed by atoms with van der Waals surface area (Å²) >= 11 is 0. The maximum Gasteiger partial charge on any atom is 0.211 e. The van der Waals surface area contributed by atoms with Crippen molar-refractivity contribution in [2.45, 2.75) is 31.2 Å². The fraction of sp³-hybridized carbons (Fsp3) is 0.643. The van der Waals surface area contributed by atoms with Gasteiger partial charge in [-0.25, -0.2) is 8.42 Å². The van der Waals surface area contributed by atoms with E-state index in [0.29, 0.717) is 26.3 Å². The molecule has 7 heteroatoms. The maximum atomic E-state index is 11.6. The van der Waals surface area contributed by atoms with Gasteiger partial charge >= 0.3 is 0 Å². The molecule has 0 bridgehead atoms. The smallest absolute Gasteiger partial charge is 0.211 e. The van der Waals surface area contributed by atoms with E-state index in [2.05, 4.69) is 4.98 Å². The topological polar surface area (TPSA) is 68.7 Å². The molecule has 1 aromatic rings. The largest absolute Gasteiger partial charge is 0.371 e. The van der Waals surface area contributed by atoms with Gasteiger partial charge in [-0.1, -0.05) is 0 Å². The van der Waals surface area contributed by atoms with Crippen molar-refractivity contribution >= 4 is 10.0 Å². The number of sulfonamides is 1. The van der Waals surface area contributed by atoms with Crippen molar-refractivity contribution in [3.05, 3.63) is 30.1 Å². The Balaban J connectivity index is 1.54. The highest BCUT2D eigenvalue weighted by atomic mass is 32.2. The van der Waals surface area contributed by atoms with Crippen molar-refractivity contribution in [1.29, 1.82) is 0 Å². The van der Waals surface area contributed by atoms with Crippen LogP contribution in [0.1, 0.15) is 18.4 Å². The van der Waals surface area contributed by atoms with Crippen LogP contribution in [0.5, 0.6) is 0 Å². The van der Waals surface area contributed by atoms with E-state index >= 15 is 0 Å². The van der Waals surface area contributed by atoms with Crippen LogP contribution in [0.3, 0.4) is 0 Å². The predicted octanol–water partition coefficient (Wildman–Crippen LogP) is 0.791. The first-order chi connectivity index (χ1) is 9.97. The predicted molar refractivity (Wildman–Crippen MR) is 77.1 cm³/mol. The molecule has 2 saturated heterocycles. The van der Waals surface area contributed by atoms with E-state index in [4.69, 9.17) is 9.47 Å². The number of ether oxygens (including phenoxy) is 2. The molecule has 2 atom stereocenters. The highest BCUT2D eigenvalue weighted by Gasteiger charge is 2.47. The van der Waals surface area contributed by atoms with Crippen molar-refractivity contribution in [2.75, 3.05) is 26.0 Å². The molecule has 0 aliphatic carbocycles. The van der Waals surface area contributed by atoms with Gasteiger partial charge in [0.05, 0.1) is 31.2 Å². The zero-order valence-corrected chi connectivity index (χ0v) is 12.9. The summed E-state index contributed by atoms with van der Waals surface area (Å²) in [5, 5.41) is 0. The Kier molecular flexibility index (Phi) is 4.00. The second-order valence-electron chi connectivity index (χ2n) is 5.83.